The van der Waals surface area contributed by atoms with Gasteiger partial charge in [0.05, 0.1) is 0 Å². The van der Waals surface area contributed by atoms with Gasteiger partial charge in [0, 0.05) is 6.54 Å². The van der Waals surface area contributed by atoms with Gasteiger partial charge in [0.25, 0.3) is 0 Å². The van der Waals surface area contributed by atoms with Crippen molar-refractivity contribution in [2.75, 3.05) is 6.54 Å². The fourth-order valence-electron chi connectivity index (χ4n) is 2.50. The molecule has 1 atom stereocenters. The molecule has 0 aliphatic carbocycles. The Bertz CT molecular complexity index is 568. The van der Waals surface area contributed by atoms with Crippen LogP contribution in [0.1, 0.15) is 22.7 Å². The molecule has 0 aromatic heterocycles. The van der Waals surface area contributed by atoms with Crippen molar-refractivity contribution in [2.24, 2.45) is 0 Å². The van der Waals surface area contributed by atoms with E-state index < -0.39 is 24.1 Å². The minimum absolute atomic E-state index is 0.216. The molecule has 1 aromatic rings. The minimum Gasteiger partial charge on any atom is -0.479 e. The Morgan fingerprint density at radius 1 is 1.35 bits per heavy atom. The molecular weight excluding hydrogens is 275 g/mol. The van der Waals surface area contributed by atoms with Gasteiger partial charge in [-0.25, -0.2) is 4.79 Å². The van der Waals surface area contributed by atoms with E-state index in [9.17, 15) is 27.9 Å². The van der Waals surface area contributed by atoms with Gasteiger partial charge in [-0.1, -0.05) is 18.2 Å². The second-order valence-corrected chi connectivity index (χ2v) is 4.63. The summed E-state index contributed by atoms with van der Waals surface area (Å²) in [7, 11) is 0. The summed E-state index contributed by atoms with van der Waals surface area (Å²) in [4.78, 5) is 23.1. The number of hydrogen-bond donors (Lipinski definition) is 1. The molecule has 0 saturated heterocycles. The summed E-state index contributed by atoms with van der Waals surface area (Å²) in [6, 6.07) is 3.20. The number of hydrogen-bond acceptors (Lipinski definition) is 2. The fourth-order valence-corrected chi connectivity index (χ4v) is 2.50. The maximum Gasteiger partial charge on any atom is 0.471 e. The number of carbonyl (C=O) groups excluding carboxylic acids is 1. The molecule has 1 amide bonds. The van der Waals surface area contributed by atoms with Crippen LogP contribution in [0.4, 0.5) is 13.2 Å². The largest absolute Gasteiger partial charge is 0.479 e. The predicted octanol–water partition coefficient (Wildman–Crippen LogP) is 2.07. The third-order valence-electron chi connectivity index (χ3n) is 3.39. The number of fused-ring (bicyclic) bond motifs is 1. The Balaban J connectivity index is 2.49. The lowest BCUT2D eigenvalue weighted by Gasteiger charge is -2.35. The van der Waals surface area contributed by atoms with E-state index in [1.165, 1.54) is 6.07 Å². The standard InChI is InChI=1S/C13H12F3NO3/c1-7-3-2-4-9-8(7)5-6-17(10(9)11(18)19)12(20)13(14,15)16/h2-4,10H,5-6H2,1H3,(H,18,19). The lowest BCUT2D eigenvalue weighted by molar-refractivity contribution is -0.190. The van der Waals surface area contributed by atoms with E-state index in [2.05, 4.69) is 0 Å². The van der Waals surface area contributed by atoms with E-state index >= 15 is 0 Å². The van der Waals surface area contributed by atoms with Gasteiger partial charge in [-0.05, 0) is 30.0 Å². The first-order valence-corrected chi connectivity index (χ1v) is 5.92. The van der Waals surface area contributed by atoms with Crippen LogP contribution in [-0.2, 0) is 16.0 Å². The quantitative estimate of drug-likeness (QED) is 0.860. The summed E-state index contributed by atoms with van der Waals surface area (Å²) in [5.74, 6) is -3.58. The molecule has 1 aliphatic rings. The van der Waals surface area contributed by atoms with Crippen molar-refractivity contribution >= 4 is 11.9 Å². The van der Waals surface area contributed by atoms with Crippen LogP contribution in [0.5, 0.6) is 0 Å². The molecule has 20 heavy (non-hydrogen) atoms. The highest BCUT2D eigenvalue weighted by atomic mass is 19.4. The molecule has 4 nitrogen and oxygen atoms in total. The van der Waals surface area contributed by atoms with Crippen molar-refractivity contribution in [3.63, 3.8) is 0 Å². The molecule has 0 saturated carbocycles. The molecule has 1 N–H and O–H groups in total. The number of benzene rings is 1. The van der Waals surface area contributed by atoms with Crippen LogP contribution >= 0.6 is 0 Å². The first-order valence-electron chi connectivity index (χ1n) is 5.92. The Hall–Kier alpha value is -2.05. The molecule has 0 fully saturated rings. The normalized spacial score (nSPS) is 18.6. The number of carbonyl (C=O) groups is 2. The van der Waals surface area contributed by atoms with Crippen LogP contribution in [0.15, 0.2) is 18.2 Å². The zero-order chi connectivity index (χ0) is 15.1. The van der Waals surface area contributed by atoms with Gasteiger partial charge in [-0.15, -0.1) is 0 Å². The Labute approximate surface area is 112 Å². The van der Waals surface area contributed by atoms with Crippen molar-refractivity contribution in [1.82, 2.24) is 4.90 Å². The molecule has 0 spiro atoms. The smallest absolute Gasteiger partial charge is 0.471 e. The maximum atomic E-state index is 12.5. The molecule has 108 valence electrons. The number of nitrogens with zero attached hydrogens (tertiary/aromatic N) is 1. The molecule has 1 aliphatic heterocycles. The number of aryl methyl sites for hydroxylation is 1. The maximum absolute atomic E-state index is 12.5. The second-order valence-electron chi connectivity index (χ2n) is 4.63. The topological polar surface area (TPSA) is 57.6 Å². The molecule has 1 heterocycles. The molecular formula is C13H12F3NO3. The van der Waals surface area contributed by atoms with E-state index in [1.54, 1.807) is 19.1 Å². The number of rotatable bonds is 1. The molecule has 1 unspecified atom stereocenters. The molecule has 0 radical (unpaired) electrons. The number of carboxylic acid groups (broad SMARTS) is 1. The summed E-state index contributed by atoms with van der Waals surface area (Å²) in [5, 5.41) is 9.20. The highest BCUT2D eigenvalue weighted by Gasteiger charge is 2.48. The van der Waals surface area contributed by atoms with Crippen LogP contribution in [0.2, 0.25) is 0 Å². The minimum atomic E-state index is -5.07. The van der Waals surface area contributed by atoms with Crippen LogP contribution in [0.25, 0.3) is 0 Å². The summed E-state index contributed by atoms with van der Waals surface area (Å²) >= 11 is 0. The van der Waals surface area contributed by atoms with Gasteiger partial charge >= 0.3 is 18.1 Å². The van der Waals surface area contributed by atoms with Gasteiger partial charge in [0.2, 0.25) is 0 Å². The SMILES string of the molecule is Cc1cccc2c1CCN(C(=O)C(F)(F)F)C2C(=O)O. The molecule has 2 rings (SSSR count). The van der Waals surface area contributed by atoms with E-state index in [1.807, 2.05) is 0 Å². The third-order valence-corrected chi connectivity index (χ3v) is 3.39. The Morgan fingerprint density at radius 2 is 2.00 bits per heavy atom. The number of carboxylic acids is 1. The number of halogens is 3. The first-order chi connectivity index (χ1) is 9.23. The summed E-state index contributed by atoms with van der Waals surface area (Å²) < 4.78 is 37.6. The zero-order valence-corrected chi connectivity index (χ0v) is 10.6. The van der Waals surface area contributed by atoms with Crippen LogP contribution in [-0.4, -0.2) is 34.6 Å². The first kappa shape index (κ1) is 14.4. The Kier molecular flexibility index (Phi) is 3.45. The van der Waals surface area contributed by atoms with Crippen LogP contribution in [0, 0.1) is 6.92 Å². The molecule has 0 bridgehead atoms. The summed E-state index contributed by atoms with van der Waals surface area (Å²) in [6.07, 6.45) is -4.86. The van der Waals surface area contributed by atoms with E-state index in [0.29, 0.717) is 10.5 Å². The van der Waals surface area contributed by atoms with Gasteiger partial charge in [-0.3, -0.25) is 4.79 Å². The number of aliphatic carboxylic acids is 1. The zero-order valence-electron chi connectivity index (χ0n) is 10.6. The van der Waals surface area contributed by atoms with Crippen LogP contribution < -0.4 is 0 Å². The average Bonchev–Trinajstić information content (AvgIpc) is 2.35. The summed E-state index contributed by atoms with van der Waals surface area (Å²) in [6.45, 7) is 1.51. The lowest BCUT2D eigenvalue weighted by atomic mass is 9.89. The van der Waals surface area contributed by atoms with Gasteiger partial charge in [-0.2, -0.15) is 13.2 Å². The Morgan fingerprint density at radius 3 is 2.55 bits per heavy atom. The molecule has 7 heteroatoms. The van der Waals surface area contributed by atoms with Crippen molar-refractivity contribution in [3.8, 4) is 0 Å². The van der Waals surface area contributed by atoms with Gasteiger partial charge in [0.15, 0.2) is 6.04 Å². The predicted molar refractivity (Wildman–Crippen MR) is 63.0 cm³/mol. The highest BCUT2D eigenvalue weighted by Crippen LogP contribution is 2.34. The van der Waals surface area contributed by atoms with Crippen molar-refractivity contribution in [1.29, 1.82) is 0 Å². The average molecular weight is 287 g/mol. The second kappa shape index (κ2) is 4.81. The van der Waals surface area contributed by atoms with Crippen molar-refractivity contribution in [2.45, 2.75) is 25.6 Å². The number of amides is 1. The van der Waals surface area contributed by atoms with Crippen LogP contribution in [0.3, 0.4) is 0 Å². The van der Waals surface area contributed by atoms with Gasteiger partial charge in [0.1, 0.15) is 0 Å². The molecule has 1 aromatic carbocycles. The van der Waals surface area contributed by atoms with E-state index in [0.717, 1.165) is 5.56 Å². The summed E-state index contributed by atoms with van der Waals surface area (Å²) in [5.41, 5.74) is 1.76. The van der Waals surface area contributed by atoms with Gasteiger partial charge < -0.3 is 10.0 Å². The number of alkyl halides is 3. The van der Waals surface area contributed by atoms with E-state index in [-0.39, 0.29) is 18.5 Å². The van der Waals surface area contributed by atoms with E-state index in [4.69, 9.17) is 0 Å². The monoisotopic (exact) mass is 287 g/mol. The van der Waals surface area contributed by atoms with Crippen molar-refractivity contribution in [3.05, 3.63) is 34.9 Å². The van der Waals surface area contributed by atoms with Crippen molar-refractivity contribution < 1.29 is 27.9 Å². The fraction of sp³-hybridized carbons (Fsp3) is 0.385. The third kappa shape index (κ3) is 2.35. The highest BCUT2D eigenvalue weighted by molar-refractivity contribution is 5.88. The lowest BCUT2D eigenvalue weighted by Crippen LogP contribution is -2.49.